The normalized spacial score (nSPS) is 25.9. The molecule has 0 bridgehead atoms. The third kappa shape index (κ3) is 2.44. The Morgan fingerprint density at radius 2 is 2.05 bits per heavy atom. The number of hydrogen-bond donors (Lipinski definition) is 2. The molecule has 2 aliphatic rings. The summed E-state index contributed by atoms with van der Waals surface area (Å²) in [6.45, 7) is 1.52. The number of carboxylic acid groups (broad SMARTS) is 1. The Morgan fingerprint density at radius 1 is 1.43 bits per heavy atom. The Hall–Kier alpha value is -2.15. The SMILES string of the molecule is C[C@@H](O)[C@H]1C(=O)N2C(C(=O)O)=C(/C=C/C(=O)N(C)C)C[C@H]12. The van der Waals surface area contributed by atoms with E-state index in [1.807, 2.05) is 0 Å². The molecule has 0 saturated carbocycles. The summed E-state index contributed by atoms with van der Waals surface area (Å²) in [5.41, 5.74) is 0.337. The molecule has 0 aromatic carbocycles. The van der Waals surface area contributed by atoms with Crippen LogP contribution in [0, 0.1) is 5.92 Å². The molecule has 0 spiro atoms. The van der Waals surface area contributed by atoms with Gasteiger partial charge in [0.05, 0.1) is 18.1 Å². The summed E-state index contributed by atoms with van der Waals surface area (Å²) in [6, 6.07) is -0.335. The zero-order valence-electron chi connectivity index (χ0n) is 12.1. The van der Waals surface area contributed by atoms with Crippen LogP contribution in [0.4, 0.5) is 0 Å². The number of allylic oxidation sites excluding steroid dienone is 1. The average molecular weight is 294 g/mol. The molecule has 2 rings (SSSR count). The molecule has 0 aromatic heterocycles. The minimum atomic E-state index is -1.20. The lowest BCUT2D eigenvalue weighted by Gasteiger charge is -2.44. The van der Waals surface area contributed by atoms with Crippen LogP contribution in [-0.2, 0) is 14.4 Å². The van der Waals surface area contributed by atoms with Crippen molar-refractivity contribution < 1.29 is 24.6 Å². The van der Waals surface area contributed by atoms with E-state index in [1.165, 1.54) is 28.9 Å². The molecule has 1 fully saturated rings. The van der Waals surface area contributed by atoms with Crippen LogP contribution >= 0.6 is 0 Å². The number of likely N-dealkylation sites (N-methyl/N-ethyl adjacent to an activating group) is 1. The number of carbonyl (C=O) groups is 3. The number of nitrogens with zero attached hydrogens (tertiary/aromatic N) is 2. The lowest BCUT2D eigenvalue weighted by Crippen LogP contribution is -2.61. The smallest absolute Gasteiger partial charge is 0.352 e. The van der Waals surface area contributed by atoms with Crippen molar-refractivity contribution in [2.24, 2.45) is 5.92 Å². The number of carboxylic acids is 1. The number of rotatable bonds is 4. The van der Waals surface area contributed by atoms with Gasteiger partial charge in [-0.25, -0.2) is 4.79 Å². The van der Waals surface area contributed by atoms with Crippen molar-refractivity contribution in [1.29, 1.82) is 0 Å². The van der Waals surface area contributed by atoms with Crippen molar-refractivity contribution in [3.63, 3.8) is 0 Å². The highest BCUT2D eigenvalue weighted by molar-refractivity contribution is 6.00. The van der Waals surface area contributed by atoms with E-state index in [0.717, 1.165) is 0 Å². The van der Waals surface area contributed by atoms with Crippen molar-refractivity contribution in [3.8, 4) is 0 Å². The highest BCUT2D eigenvalue weighted by atomic mass is 16.4. The van der Waals surface area contributed by atoms with Gasteiger partial charge in [-0.3, -0.25) is 9.59 Å². The topological polar surface area (TPSA) is 98.1 Å². The summed E-state index contributed by atoms with van der Waals surface area (Å²) >= 11 is 0. The highest BCUT2D eigenvalue weighted by Gasteiger charge is 2.56. The van der Waals surface area contributed by atoms with E-state index in [2.05, 4.69) is 0 Å². The second kappa shape index (κ2) is 5.33. The molecule has 114 valence electrons. The predicted molar refractivity (Wildman–Crippen MR) is 72.9 cm³/mol. The van der Waals surface area contributed by atoms with Crippen LogP contribution in [0.15, 0.2) is 23.4 Å². The first-order valence-electron chi connectivity index (χ1n) is 6.62. The standard InChI is InChI=1S/C14H18N2O5/c1-7(17)11-9-6-8(4-5-10(18)15(2)3)12(14(20)21)16(9)13(11)19/h4-5,7,9,11,17H,6H2,1-3H3,(H,20,21)/b5-4+/t7-,9-,11-/m1/s1. The van der Waals surface area contributed by atoms with Gasteiger partial charge in [0, 0.05) is 20.2 Å². The number of fused-ring (bicyclic) bond motifs is 1. The van der Waals surface area contributed by atoms with E-state index in [0.29, 0.717) is 12.0 Å². The Kier molecular flexibility index (Phi) is 3.87. The molecule has 7 nitrogen and oxygen atoms in total. The molecule has 2 aliphatic heterocycles. The maximum atomic E-state index is 12.0. The van der Waals surface area contributed by atoms with Crippen LogP contribution in [0.2, 0.25) is 0 Å². The van der Waals surface area contributed by atoms with Crippen molar-refractivity contribution in [2.45, 2.75) is 25.5 Å². The molecule has 0 radical (unpaired) electrons. The van der Waals surface area contributed by atoms with Gasteiger partial charge < -0.3 is 20.0 Å². The molecular formula is C14H18N2O5. The summed E-state index contributed by atoms with van der Waals surface area (Å²) in [5, 5.41) is 18.9. The Bertz CT molecular complexity index is 562. The van der Waals surface area contributed by atoms with E-state index in [9.17, 15) is 24.6 Å². The van der Waals surface area contributed by atoms with E-state index in [-0.39, 0.29) is 23.6 Å². The van der Waals surface area contributed by atoms with E-state index in [4.69, 9.17) is 0 Å². The number of amides is 2. The first-order valence-corrected chi connectivity index (χ1v) is 6.62. The maximum absolute atomic E-state index is 12.0. The Morgan fingerprint density at radius 3 is 2.52 bits per heavy atom. The van der Waals surface area contributed by atoms with Crippen LogP contribution in [0.25, 0.3) is 0 Å². The van der Waals surface area contributed by atoms with Crippen LogP contribution in [-0.4, -0.2) is 64.0 Å². The quantitative estimate of drug-likeness (QED) is 0.542. The molecule has 2 N–H and O–H groups in total. The summed E-state index contributed by atoms with van der Waals surface area (Å²) in [5.74, 6) is -2.42. The summed E-state index contributed by atoms with van der Waals surface area (Å²) in [6.07, 6.45) is 2.24. The minimum Gasteiger partial charge on any atom is -0.477 e. The maximum Gasteiger partial charge on any atom is 0.352 e. The zero-order chi connectivity index (χ0) is 15.9. The largest absolute Gasteiger partial charge is 0.477 e. The third-order valence-corrected chi connectivity index (χ3v) is 3.83. The number of carbonyl (C=O) groups excluding carboxylic acids is 2. The second-order valence-corrected chi connectivity index (χ2v) is 5.49. The Balaban J connectivity index is 2.27. The van der Waals surface area contributed by atoms with Gasteiger partial charge in [0.2, 0.25) is 11.8 Å². The van der Waals surface area contributed by atoms with Gasteiger partial charge in [-0.05, 0) is 18.9 Å². The fourth-order valence-electron chi connectivity index (χ4n) is 2.77. The van der Waals surface area contributed by atoms with Crippen molar-refractivity contribution >= 4 is 17.8 Å². The average Bonchev–Trinajstić information content (AvgIpc) is 2.69. The second-order valence-electron chi connectivity index (χ2n) is 5.49. The van der Waals surface area contributed by atoms with Gasteiger partial charge in [-0.2, -0.15) is 0 Å². The van der Waals surface area contributed by atoms with Gasteiger partial charge >= 0.3 is 5.97 Å². The van der Waals surface area contributed by atoms with Crippen LogP contribution in [0.5, 0.6) is 0 Å². The van der Waals surface area contributed by atoms with Gasteiger partial charge in [0.1, 0.15) is 5.70 Å². The minimum absolute atomic E-state index is 0.0929. The van der Waals surface area contributed by atoms with Gasteiger partial charge in [0.25, 0.3) is 0 Å². The lowest BCUT2D eigenvalue weighted by atomic mass is 9.83. The number of aliphatic carboxylic acids is 1. The first-order chi connectivity index (χ1) is 9.75. The summed E-state index contributed by atoms with van der Waals surface area (Å²) in [7, 11) is 3.18. The van der Waals surface area contributed by atoms with Crippen LogP contribution in [0.1, 0.15) is 13.3 Å². The number of β-lactam (4-membered cyclic amide) rings is 1. The van der Waals surface area contributed by atoms with Gasteiger partial charge in [-0.15, -0.1) is 0 Å². The predicted octanol–water partition coefficient (Wildman–Crippen LogP) is -0.419. The van der Waals surface area contributed by atoms with Crippen molar-refractivity contribution in [2.75, 3.05) is 14.1 Å². The molecule has 0 unspecified atom stereocenters. The molecule has 0 aromatic rings. The van der Waals surface area contributed by atoms with E-state index in [1.54, 1.807) is 14.1 Å². The number of aliphatic hydroxyl groups excluding tert-OH is 1. The van der Waals surface area contributed by atoms with Crippen LogP contribution < -0.4 is 0 Å². The third-order valence-electron chi connectivity index (χ3n) is 3.83. The van der Waals surface area contributed by atoms with E-state index >= 15 is 0 Å². The summed E-state index contributed by atoms with van der Waals surface area (Å²) in [4.78, 5) is 37.4. The Labute approximate surface area is 122 Å². The first kappa shape index (κ1) is 15.2. The number of hydrogen-bond acceptors (Lipinski definition) is 4. The molecule has 21 heavy (non-hydrogen) atoms. The molecule has 2 amide bonds. The van der Waals surface area contributed by atoms with Gasteiger partial charge in [0.15, 0.2) is 0 Å². The molecule has 1 saturated heterocycles. The fraction of sp³-hybridized carbons (Fsp3) is 0.500. The highest BCUT2D eigenvalue weighted by Crippen LogP contribution is 2.43. The zero-order valence-corrected chi connectivity index (χ0v) is 12.1. The molecule has 2 heterocycles. The van der Waals surface area contributed by atoms with Crippen molar-refractivity contribution in [3.05, 3.63) is 23.4 Å². The monoisotopic (exact) mass is 294 g/mol. The summed E-state index contributed by atoms with van der Waals surface area (Å²) < 4.78 is 0. The number of aliphatic hydroxyl groups is 1. The van der Waals surface area contributed by atoms with E-state index < -0.39 is 18.0 Å². The van der Waals surface area contributed by atoms with Gasteiger partial charge in [-0.1, -0.05) is 6.08 Å². The molecule has 7 heteroatoms. The molecule has 0 aliphatic carbocycles. The van der Waals surface area contributed by atoms with Crippen molar-refractivity contribution in [1.82, 2.24) is 9.80 Å². The molecular weight excluding hydrogens is 276 g/mol. The van der Waals surface area contributed by atoms with Crippen LogP contribution in [0.3, 0.4) is 0 Å². The molecule has 3 atom stereocenters. The lowest BCUT2D eigenvalue weighted by molar-refractivity contribution is -0.161. The fourth-order valence-corrected chi connectivity index (χ4v) is 2.77.